The second-order valence-electron chi connectivity index (χ2n) is 3.45. The largest absolute Gasteiger partial charge is 0.366 e. The number of nitrogens with one attached hydrogen (secondary N) is 1. The van der Waals surface area contributed by atoms with Crippen molar-refractivity contribution in [1.29, 1.82) is 0 Å². The first-order valence-corrected chi connectivity index (χ1v) is 5.01. The molecule has 1 atom stereocenters. The Bertz CT molecular complexity index is 387. The summed E-state index contributed by atoms with van der Waals surface area (Å²) in [4.78, 5) is 22.2. The van der Waals surface area contributed by atoms with Crippen molar-refractivity contribution in [3.63, 3.8) is 0 Å². The second-order valence-corrected chi connectivity index (χ2v) is 3.45. The zero-order chi connectivity index (χ0) is 12.1. The van der Waals surface area contributed by atoms with E-state index in [4.69, 9.17) is 11.5 Å². The van der Waals surface area contributed by atoms with E-state index >= 15 is 0 Å². The third kappa shape index (κ3) is 3.06. The lowest BCUT2D eigenvalue weighted by Gasteiger charge is -2.09. The number of carbonyl (C=O) groups excluding carboxylic acids is 2. The molecule has 1 unspecified atom stereocenters. The van der Waals surface area contributed by atoms with Crippen LogP contribution in [0.1, 0.15) is 23.7 Å². The van der Waals surface area contributed by atoms with Crippen LogP contribution in [0.5, 0.6) is 0 Å². The van der Waals surface area contributed by atoms with Gasteiger partial charge in [-0.25, -0.2) is 0 Å². The number of nitrogens with two attached hydrogens (primary N) is 2. The van der Waals surface area contributed by atoms with Crippen molar-refractivity contribution in [3.8, 4) is 0 Å². The molecule has 2 amide bonds. The summed E-state index contributed by atoms with van der Waals surface area (Å²) in [5, 5.41) is 2.64. The third-order valence-corrected chi connectivity index (χ3v) is 2.21. The molecule has 0 heterocycles. The highest BCUT2D eigenvalue weighted by atomic mass is 16.2. The van der Waals surface area contributed by atoms with Crippen molar-refractivity contribution >= 4 is 17.5 Å². The zero-order valence-corrected chi connectivity index (χ0v) is 9.07. The van der Waals surface area contributed by atoms with E-state index in [1.807, 2.05) is 6.92 Å². The lowest BCUT2D eigenvalue weighted by Crippen LogP contribution is -2.34. The molecule has 5 N–H and O–H groups in total. The lowest BCUT2D eigenvalue weighted by atomic mass is 10.2. The SMILES string of the molecule is CCC(N)C(=O)Nc1ccc(C(N)=O)cc1. The van der Waals surface area contributed by atoms with E-state index in [1.165, 1.54) is 0 Å². The minimum absolute atomic E-state index is 0.241. The van der Waals surface area contributed by atoms with Crippen LogP contribution in [-0.4, -0.2) is 17.9 Å². The van der Waals surface area contributed by atoms with Gasteiger partial charge in [0.1, 0.15) is 0 Å². The number of carbonyl (C=O) groups is 2. The molecule has 0 bridgehead atoms. The summed E-state index contributed by atoms with van der Waals surface area (Å²) < 4.78 is 0. The zero-order valence-electron chi connectivity index (χ0n) is 9.07. The van der Waals surface area contributed by atoms with Crippen molar-refractivity contribution in [1.82, 2.24) is 0 Å². The molecule has 0 aliphatic carbocycles. The van der Waals surface area contributed by atoms with Gasteiger partial charge in [0.2, 0.25) is 11.8 Å². The van der Waals surface area contributed by atoms with Gasteiger partial charge in [0, 0.05) is 11.3 Å². The number of hydrogen-bond donors (Lipinski definition) is 3. The van der Waals surface area contributed by atoms with E-state index in [2.05, 4.69) is 5.32 Å². The molecule has 0 radical (unpaired) electrons. The van der Waals surface area contributed by atoms with Crippen LogP contribution in [0.2, 0.25) is 0 Å². The van der Waals surface area contributed by atoms with Gasteiger partial charge in [-0.1, -0.05) is 6.92 Å². The van der Waals surface area contributed by atoms with Gasteiger partial charge in [0.05, 0.1) is 6.04 Å². The fourth-order valence-electron chi connectivity index (χ4n) is 1.14. The Labute approximate surface area is 93.8 Å². The smallest absolute Gasteiger partial charge is 0.248 e. The minimum Gasteiger partial charge on any atom is -0.366 e. The van der Waals surface area contributed by atoms with Crippen LogP contribution in [0, 0.1) is 0 Å². The van der Waals surface area contributed by atoms with E-state index in [0.29, 0.717) is 17.7 Å². The van der Waals surface area contributed by atoms with Crippen LogP contribution >= 0.6 is 0 Å². The number of hydrogen-bond acceptors (Lipinski definition) is 3. The first-order chi connectivity index (χ1) is 7.54. The van der Waals surface area contributed by atoms with Crippen LogP contribution in [0.3, 0.4) is 0 Å². The standard InChI is InChI=1S/C11H15N3O2/c1-2-9(12)11(16)14-8-5-3-7(4-6-8)10(13)15/h3-6,9H,2,12H2,1H3,(H2,13,15)(H,14,16). The Morgan fingerprint density at radius 3 is 2.31 bits per heavy atom. The molecule has 16 heavy (non-hydrogen) atoms. The molecule has 1 rings (SSSR count). The average Bonchev–Trinajstić information content (AvgIpc) is 2.28. The van der Waals surface area contributed by atoms with Crippen molar-refractivity contribution < 1.29 is 9.59 Å². The molecule has 0 aliphatic heterocycles. The van der Waals surface area contributed by atoms with Gasteiger partial charge >= 0.3 is 0 Å². The maximum atomic E-state index is 11.4. The lowest BCUT2D eigenvalue weighted by molar-refractivity contribution is -0.117. The Morgan fingerprint density at radius 2 is 1.88 bits per heavy atom. The van der Waals surface area contributed by atoms with Crippen LogP contribution in [0.15, 0.2) is 24.3 Å². The van der Waals surface area contributed by atoms with Gasteiger partial charge in [0.15, 0.2) is 0 Å². The molecule has 0 aliphatic rings. The molecule has 0 spiro atoms. The average molecular weight is 221 g/mol. The van der Waals surface area contributed by atoms with E-state index in [9.17, 15) is 9.59 Å². The van der Waals surface area contributed by atoms with Crippen molar-refractivity contribution in [2.24, 2.45) is 11.5 Å². The van der Waals surface area contributed by atoms with Crippen molar-refractivity contribution in [2.45, 2.75) is 19.4 Å². The highest BCUT2D eigenvalue weighted by molar-refractivity contribution is 5.96. The number of anilines is 1. The number of primary amides is 1. The van der Waals surface area contributed by atoms with Gasteiger partial charge in [-0.2, -0.15) is 0 Å². The molecule has 5 nitrogen and oxygen atoms in total. The predicted octanol–water partition coefficient (Wildman–Crippen LogP) is 0.461. The van der Waals surface area contributed by atoms with Gasteiger partial charge in [-0.15, -0.1) is 0 Å². The molecule has 0 fully saturated rings. The van der Waals surface area contributed by atoms with Crippen LogP contribution < -0.4 is 16.8 Å². The van der Waals surface area contributed by atoms with Gasteiger partial charge in [0.25, 0.3) is 0 Å². The summed E-state index contributed by atoms with van der Waals surface area (Å²) in [6, 6.07) is 5.81. The summed E-state index contributed by atoms with van der Waals surface area (Å²) in [6.07, 6.45) is 0.575. The summed E-state index contributed by atoms with van der Waals surface area (Å²) in [7, 11) is 0. The Hall–Kier alpha value is -1.88. The second kappa shape index (κ2) is 5.27. The highest BCUT2D eigenvalue weighted by Crippen LogP contribution is 2.09. The Kier molecular flexibility index (Phi) is 4.02. The summed E-state index contributed by atoms with van der Waals surface area (Å²) in [5.74, 6) is -0.738. The molecule has 1 aromatic carbocycles. The molecule has 0 aromatic heterocycles. The monoisotopic (exact) mass is 221 g/mol. The first kappa shape index (κ1) is 12.2. The molecule has 1 aromatic rings. The number of amides is 2. The molecule has 0 saturated heterocycles. The van der Waals surface area contributed by atoms with E-state index in [-0.39, 0.29) is 5.91 Å². The number of benzene rings is 1. The maximum absolute atomic E-state index is 11.4. The topological polar surface area (TPSA) is 98.2 Å². The first-order valence-electron chi connectivity index (χ1n) is 5.01. The summed E-state index contributed by atoms with van der Waals surface area (Å²) in [5.41, 5.74) is 11.6. The highest BCUT2D eigenvalue weighted by Gasteiger charge is 2.10. The Morgan fingerprint density at radius 1 is 1.31 bits per heavy atom. The minimum atomic E-state index is -0.518. The maximum Gasteiger partial charge on any atom is 0.248 e. The normalized spacial score (nSPS) is 11.9. The molecular formula is C11H15N3O2. The quantitative estimate of drug-likeness (QED) is 0.688. The van der Waals surface area contributed by atoms with Crippen LogP contribution in [-0.2, 0) is 4.79 Å². The van der Waals surface area contributed by atoms with Crippen LogP contribution in [0.4, 0.5) is 5.69 Å². The third-order valence-electron chi connectivity index (χ3n) is 2.21. The fraction of sp³-hybridized carbons (Fsp3) is 0.273. The molecule has 86 valence electrons. The summed E-state index contributed by atoms with van der Waals surface area (Å²) in [6.45, 7) is 1.83. The van der Waals surface area contributed by atoms with Crippen LogP contribution in [0.25, 0.3) is 0 Å². The van der Waals surface area contributed by atoms with Gasteiger partial charge < -0.3 is 16.8 Å². The van der Waals surface area contributed by atoms with Gasteiger partial charge in [-0.3, -0.25) is 9.59 Å². The van der Waals surface area contributed by atoms with Crippen molar-refractivity contribution in [2.75, 3.05) is 5.32 Å². The fourth-order valence-corrected chi connectivity index (χ4v) is 1.14. The van der Waals surface area contributed by atoms with E-state index in [0.717, 1.165) is 0 Å². The molecular weight excluding hydrogens is 206 g/mol. The molecule has 0 saturated carbocycles. The Balaban J connectivity index is 2.69. The van der Waals surface area contributed by atoms with Crippen molar-refractivity contribution in [3.05, 3.63) is 29.8 Å². The summed E-state index contributed by atoms with van der Waals surface area (Å²) >= 11 is 0. The molecule has 5 heteroatoms. The van der Waals surface area contributed by atoms with E-state index < -0.39 is 11.9 Å². The van der Waals surface area contributed by atoms with E-state index in [1.54, 1.807) is 24.3 Å². The number of rotatable bonds is 4. The predicted molar refractivity (Wildman–Crippen MR) is 61.9 cm³/mol. The van der Waals surface area contributed by atoms with Gasteiger partial charge in [-0.05, 0) is 30.7 Å².